The minimum Gasteiger partial charge on any atom is -0.316 e. The molecule has 17 heavy (non-hydrogen) atoms. The number of hydrogen-bond donors (Lipinski definition) is 1. The second kappa shape index (κ2) is 6.19. The zero-order valence-electron chi connectivity index (χ0n) is 11.9. The van der Waals surface area contributed by atoms with E-state index in [1.165, 1.54) is 52.0 Å². The van der Waals surface area contributed by atoms with Crippen molar-refractivity contribution in [2.24, 2.45) is 23.7 Å². The second-order valence-corrected chi connectivity index (χ2v) is 6.59. The van der Waals surface area contributed by atoms with Gasteiger partial charge in [-0.15, -0.1) is 0 Å². The third-order valence-corrected chi connectivity index (χ3v) is 5.10. The van der Waals surface area contributed by atoms with E-state index in [1.807, 2.05) is 0 Å². The first kappa shape index (κ1) is 13.4. The number of rotatable bonds is 4. The molecule has 2 heteroatoms. The molecule has 2 heterocycles. The van der Waals surface area contributed by atoms with Crippen LogP contribution >= 0.6 is 0 Å². The van der Waals surface area contributed by atoms with Crippen molar-refractivity contribution >= 4 is 0 Å². The standard InChI is InChI=1S/C15H30N2/c1-12(15-5-4-7-16-9-15)6-8-17-10-13(2)14(3)11-17/h12-16H,4-11H2,1-3H3. The Morgan fingerprint density at radius 3 is 2.53 bits per heavy atom. The van der Waals surface area contributed by atoms with Crippen LogP contribution in [0.25, 0.3) is 0 Å². The van der Waals surface area contributed by atoms with Crippen LogP contribution in [-0.2, 0) is 0 Å². The van der Waals surface area contributed by atoms with Gasteiger partial charge < -0.3 is 10.2 Å². The van der Waals surface area contributed by atoms with Gasteiger partial charge >= 0.3 is 0 Å². The Hall–Kier alpha value is -0.0800. The number of likely N-dealkylation sites (tertiary alicyclic amines) is 1. The van der Waals surface area contributed by atoms with E-state index in [-0.39, 0.29) is 0 Å². The monoisotopic (exact) mass is 238 g/mol. The largest absolute Gasteiger partial charge is 0.316 e. The van der Waals surface area contributed by atoms with E-state index in [4.69, 9.17) is 0 Å². The maximum atomic E-state index is 3.54. The molecule has 1 N–H and O–H groups in total. The maximum Gasteiger partial charge on any atom is 0.00102 e. The van der Waals surface area contributed by atoms with Crippen LogP contribution in [0.2, 0.25) is 0 Å². The number of piperidine rings is 1. The van der Waals surface area contributed by atoms with Gasteiger partial charge in [0.1, 0.15) is 0 Å². The van der Waals surface area contributed by atoms with Crippen LogP contribution in [0.1, 0.15) is 40.0 Å². The summed E-state index contributed by atoms with van der Waals surface area (Å²) in [5.74, 6) is 3.64. The maximum absolute atomic E-state index is 3.54. The Morgan fingerprint density at radius 2 is 1.94 bits per heavy atom. The minimum atomic E-state index is 0.897. The number of nitrogens with one attached hydrogen (secondary N) is 1. The molecule has 4 atom stereocenters. The summed E-state index contributed by atoms with van der Waals surface area (Å²) in [6.45, 7) is 13.7. The first-order chi connectivity index (χ1) is 8.16. The molecule has 2 aliphatic rings. The summed E-state index contributed by atoms with van der Waals surface area (Å²) in [6.07, 6.45) is 4.22. The van der Waals surface area contributed by atoms with E-state index in [0.29, 0.717) is 0 Å². The van der Waals surface area contributed by atoms with E-state index >= 15 is 0 Å². The van der Waals surface area contributed by atoms with Crippen molar-refractivity contribution in [3.8, 4) is 0 Å². The Morgan fingerprint density at radius 1 is 1.24 bits per heavy atom. The van der Waals surface area contributed by atoms with Crippen molar-refractivity contribution in [3.63, 3.8) is 0 Å². The van der Waals surface area contributed by atoms with Gasteiger partial charge in [0.15, 0.2) is 0 Å². The molecule has 100 valence electrons. The first-order valence-corrected chi connectivity index (χ1v) is 7.60. The van der Waals surface area contributed by atoms with Crippen LogP contribution in [0, 0.1) is 23.7 Å². The van der Waals surface area contributed by atoms with Gasteiger partial charge in [-0.3, -0.25) is 0 Å². The van der Waals surface area contributed by atoms with E-state index in [0.717, 1.165) is 23.7 Å². The first-order valence-electron chi connectivity index (χ1n) is 7.60. The predicted octanol–water partition coefficient (Wildman–Crippen LogP) is 2.60. The minimum absolute atomic E-state index is 0.897. The van der Waals surface area contributed by atoms with Crippen molar-refractivity contribution in [2.75, 3.05) is 32.7 Å². The van der Waals surface area contributed by atoms with Gasteiger partial charge in [0.2, 0.25) is 0 Å². The van der Waals surface area contributed by atoms with Gasteiger partial charge in [-0.2, -0.15) is 0 Å². The molecule has 2 saturated heterocycles. The fourth-order valence-electron chi connectivity index (χ4n) is 3.42. The van der Waals surface area contributed by atoms with Crippen molar-refractivity contribution in [1.82, 2.24) is 10.2 Å². The molecular weight excluding hydrogens is 208 g/mol. The van der Waals surface area contributed by atoms with Gasteiger partial charge in [0, 0.05) is 13.1 Å². The highest BCUT2D eigenvalue weighted by molar-refractivity contribution is 4.80. The molecule has 0 aromatic carbocycles. The molecule has 0 radical (unpaired) electrons. The average molecular weight is 238 g/mol. The summed E-state index contributed by atoms with van der Waals surface area (Å²) >= 11 is 0. The molecule has 2 aliphatic heterocycles. The van der Waals surface area contributed by atoms with E-state index < -0.39 is 0 Å². The molecule has 0 amide bonds. The molecular formula is C15H30N2. The van der Waals surface area contributed by atoms with Crippen molar-refractivity contribution in [1.29, 1.82) is 0 Å². The van der Waals surface area contributed by atoms with Crippen molar-refractivity contribution in [2.45, 2.75) is 40.0 Å². The van der Waals surface area contributed by atoms with Gasteiger partial charge in [0.05, 0.1) is 0 Å². The third kappa shape index (κ3) is 3.69. The Labute approximate surface area is 107 Å². The van der Waals surface area contributed by atoms with Crippen LogP contribution in [-0.4, -0.2) is 37.6 Å². The van der Waals surface area contributed by atoms with Crippen molar-refractivity contribution in [3.05, 3.63) is 0 Å². The van der Waals surface area contributed by atoms with Gasteiger partial charge in [-0.1, -0.05) is 20.8 Å². The summed E-state index contributed by atoms with van der Waals surface area (Å²) in [4.78, 5) is 2.68. The molecule has 2 rings (SSSR count). The lowest BCUT2D eigenvalue weighted by Crippen LogP contribution is -2.34. The summed E-state index contributed by atoms with van der Waals surface area (Å²) in [7, 11) is 0. The summed E-state index contributed by atoms with van der Waals surface area (Å²) in [5, 5.41) is 3.54. The zero-order chi connectivity index (χ0) is 12.3. The van der Waals surface area contributed by atoms with Crippen LogP contribution in [0.5, 0.6) is 0 Å². The van der Waals surface area contributed by atoms with Gasteiger partial charge in [0.25, 0.3) is 0 Å². The molecule has 4 unspecified atom stereocenters. The smallest absolute Gasteiger partial charge is 0.00102 e. The normalized spacial score (nSPS) is 37.2. The van der Waals surface area contributed by atoms with Crippen molar-refractivity contribution < 1.29 is 0 Å². The predicted molar refractivity (Wildman–Crippen MR) is 74.1 cm³/mol. The second-order valence-electron chi connectivity index (χ2n) is 6.59. The van der Waals surface area contributed by atoms with Gasteiger partial charge in [-0.25, -0.2) is 0 Å². The number of hydrogen-bond acceptors (Lipinski definition) is 2. The Kier molecular flexibility index (Phi) is 4.87. The highest BCUT2D eigenvalue weighted by Crippen LogP contribution is 2.26. The number of nitrogens with zero attached hydrogens (tertiary/aromatic N) is 1. The van der Waals surface area contributed by atoms with Crippen LogP contribution in [0.3, 0.4) is 0 Å². The van der Waals surface area contributed by atoms with Crippen LogP contribution in [0.4, 0.5) is 0 Å². The third-order valence-electron chi connectivity index (χ3n) is 5.10. The molecule has 0 aromatic heterocycles. The van der Waals surface area contributed by atoms with E-state index in [1.54, 1.807) is 0 Å². The zero-order valence-corrected chi connectivity index (χ0v) is 11.9. The molecule has 0 aromatic rings. The highest BCUT2D eigenvalue weighted by Gasteiger charge is 2.27. The lowest BCUT2D eigenvalue weighted by Gasteiger charge is -2.29. The summed E-state index contributed by atoms with van der Waals surface area (Å²) in [6, 6.07) is 0. The van der Waals surface area contributed by atoms with Crippen LogP contribution in [0.15, 0.2) is 0 Å². The summed E-state index contributed by atoms with van der Waals surface area (Å²) < 4.78 is 0. The SMILES string of the molecule is CC1CN(CCC(C)C2CCCNC2)CC1C. The van der Waals surface area contributed by atoms with Crippen LogP contribution < -0.4 is 5.32 Å². The van der Waals surface area contributed by atoms with E-state index in [9.17, 15) is 0 Å². The fraction of sp³-hybridized carbons (Fsp3) is 1.00. The highest BCUT2D eigenvalue weighted by atomic mass is 15.1. The lowest BCUT2D eigenvalue weighted by atomic mass is 9.85. The Bertz CT molecular complexity index is 213. The molecule has 0 aliphatic carbocycles. The molecule has 0 saturated carbocycles. The molecule has 2 nitrogen and oxygen atoms in total. The quantitative estimate of drug-likeness (QED) is 0.810. The molecule has 2 fully saturated rings. The van der Waals surface area contributed by atoms with Gasteiger partial charge in [-0.05, 0) is 62.6 Å². The lowest BCUT2D eigenvalue weighted by molar-refractivity contribution is 0.229. The fourth-order valence-corrected chi connectivity index (χ4v) is 3.42. The topological polar surface area (TPSA) is 15.3 Å². The Balaban J connectivity index is 1.67. The molecule has 0 spiro atoms. The molecule has 0 bridgehead atoms. The average Bonchev–Trinajstić information content (AvgIpc) is 2.67. The summed E-state index contributed by atoms with van der Waals surface area (Å²) in [5.41, 5.74) is 0. The van der Waals surface area contributed by atoms with E-state index in [2.05, 4.69) is 31.0 Å².